The molecule has 3 amide bonds. The van der Waals surface area contributed by atoms with Gasteiger partial charge in [0.05, 0.1) is 5.69 Å². The molecule has 1 atom stereocenters. The Morgan fingerprint density at radius 3 is 2.69 bits per heavy atom. The fourth-order valence-corrected chi connectivity index (χ4v) is 4.51. The van der Waals surface area contributed by atoms with Gasteiger partial charge in [-0.05, 0) is 42.3 Å². The molecule has 5 rings (SSSR count). The average Bonchev–Trinajstić information content (AvgIpc) is 3.27. The maximum Gasteiger partial charge on any atom is 0.255 e. The molecule has 1 aromatic heterocycles. The standard InChI is InChI=1S/C23H18ClFN4O3/c1-28-11-18(26-21(28)13-7-15(24)9-16(25)8-13)12-2-3-17-14(6-12)10-29(23(17)32)19-4-5-20(30)27-22(19)31/h2-3,6-9,11,19H,4-5,10H2,1H3,(H,27,30,31). The van der Waals surface area contributed by atoms with E-state index in [1.807, 2.05) is 19.3 Å². The zero-order valence-corrected chi connectivity index (χ0v) is 17.8. The molecule has 2 aromatic carbocycles. The van der Waals surface area contributed by atoms with Crippen molar-refractivity contribution in [3.63, 3.8) is 0 Å². The minimum absolute atomic E-state index is 0.211. The molecule has 1 unspecified atom stereocenters. The van der Waals surface area contributed by atoms with Crippen LogP contribution >= 0.6 is 11.6 Å². The number of piperidine rings is 1. The minimum atomic E-state index is -0.657. The van der Waals surface area contributed by atoms with E-state index in [0.717, 1.165) is 11.1 Å². The van der Waals surface area contributed by atoms with Crippen LogP contribution in [0.5, 0.6) is 0 Å². The fraction of sp³-hybridized carbons (Fsp3) is 0.217. The minimum Gasteiger partial charge on any atom is -0.333 e. The number of hydrogen-bond acceptors (Lipinski definition) is 4. The summed E-state index contributed by atoms with van der Waals surface area (Å²) in [5.41, 5.74) is 3.34. The van der Waals surface area contributed by atoms with Gasteiger partial charge in [0.2, 0.25) is 11.8 Å². The zero-order valence-electron chi connectivity index (χ0n) is 17.1. The Bertz CT molecular complexity index is 1280. The summed E-state index contributed by atoms with van der Waals surface area (Å²) in [5.74, 6) is -0.865. The highest BCUT2D eigenvalue weighted by molar-refractivity contribution is 6.30. The molecular formula is C23H18ClFN4O3. The third kappa shape index (κ3) is 3.46. The molecule has 2 aliphatic rings. The number of aryl methyl sites for hydroxylation is 1. The van der Waals surface area contributed by atoms with Crippen molar-refractivity contribution in [3.8, 4) is 22.6 Å². The molecule has 9 heteroatoms. The monoisotopic (exact) mass is 452 g/mol. The Morgan fingerprint density at radius 2 is 1.94 bits per heavy atom. The van der Waals surface area contributed by atoms with Gasteiger partial charge >= 0.3 is 0 Å². The molecule has 0 aliphatic carbocycles. The summed E-state index contributed by atoms with van der Waals surface area (Å²) in [6, 6.07) is 9.01. The first-order chi connectivity index (χ1) is 15.3. The summed E-state index contributed by atoms with van der Waals surface area (Å²) in [6.45, 7) is 0.285. The Labute approximate surface area is 187 Å². The van der Waals surface area contributed by atoms with E-state index in [-0.39, 0.29) is 29.8 Å². The van der Waals surface area contributed by atoms with Crippen LogP contribution in [-0.2, 0) is 23.2 Å². The van der Waals surface area contributed by atoms with Gasteiger partial charge in [0, 0.05) is 47.9 Å². The van der Waals surface area contributed by atoms with Crippen molar-refractivity contribution in [1.29, 1.82) is 0 Å². The normalized spacial score (nSPS) is 18.2. The van der Waals surface area contributed by atoms with E-state index in [1.165, 1.54) is 17.0 Å². The second kappa shape index (κ2) is 7.56. The van der Waals surface area contributed by atoms with Gasteiger partial charge in [-0.25, -0.2) is 9.37 Å². The Morgan fingerprint density at radius 1 is 1.12 bits per heavy atom. The van der Waals surface area contributed by atoms with Crippen LogP contribution in [0.25, 0.3) is 22.6 Å². The lowest BCUT2D eigenvalue weighted by atomic mass is 10.0. The van der Waals surface area contributed by atoms with E-state index in [4.69, 9.17) is 11.6 Å². The molecule has 2 aliphatic heterocycles. The summed E-state index contributed by atoms with van der Waals surface area (Å²) >= 11 is 5.99. The number of aromatic nitrogens is 2. The molecule has 0 bridgehead atoms. The highest BCUT2D eigenvalue weighted by atomic mass is 35.5. The summed E-state index contributed by atoms with van der Waals surface area (Å²) in [7, 11) is 1.81. The SMILES string of the molecule is Cn1cc(-c2ccc3c(c2)CN(C2CCC(=O)NC2=O)C3=O)nc1-c1cc(F)cc(Cl)c1. The first-order valence-electron chi connectivity index (χ1n) is 10.1. The molecular weight excluding hydrogens is 435 g/mol. The van der Waals surface area contributed by atoms with Crippen molar-refractivity contribution in [3.05, 3.63) is 64.6 Å². The van der Waals surface area contributed by atoms with E-state index in [2.05, 4.69) is 10.3 Å². The van der Waals surface area contributed by atoms with Gasteiger partial charge in [-0.3, -0.25) is 19.7 Å². The molecule has 0 radical (unpaired) electrons. The van der Waals surface area contributed by atoms with Gasteiger partial charge in [-0.15, -0.1) is 0 Å². The van der Waals surface area contributed by atoms with Gasteiger partial charge in [0.1, 0.15) is 17.7 Å². The summed E-state index contributed by atoms with van der Waals surface area (Å²) in [6.07, 6.45) is 2.35. The van der Waals surface area contributed by atoms with Crippen LogP contribution in [-0.4, -0.2) is 38.2 Å². The number of nitrogens with zero attached hydrogens (tertiary/aromatic N) is 3. The number of fused-ring (bicyclic) bond motifs is 1. The van der Waals surface area contributed by atoms with E-state index >= 15 is 0 Å². The predicted molar refractivity (Wildman–Crippen MR) is 115 cm³/mol. The lowest BCUT2D eigenvalue weighted by molar-refractivity contribution is -0.136. The van der Waals surface area contributed by atoms with Gasteiger partial charge in [0.25, 0.3) is 5.91 Å². The molecule has 1 fully saturated rings. The van der Waals surface area contributed by atoms with Crippen LogP contribution < -0.4 is 5.32 Å². The number of imidazole rings is 1. The molecule has 0 spiro atoms. The van der Waals surface area contributed by atoms with Crippen LogP contribution in [0.15, 0.2) is 42.6 Å². The van der Waals surface area contributed by atoms with Crippen LogP contribution in [0.3, 0.4) is 0 Å². The molecule has 1 N–H and O–H groups in total. The average molecular weight is 453 g/mol. The third-order valence-electron chi connectivity index (χ3n) is 5.82. The van der Waals surface area contributed by atoms with Crippen molar-refractivity contribution < 1.29 is 18.8 Å². The molecule has 3 heterocycles. The fourth-order valence-electron chi connectivity index (χ4n) is 4.29. The van der Waals surface area contributed by atoms with Crippen molar-refractivity contribution in [2.75, 3.05) is 0 Å². The number of nitrogens with one attached hydrogen (secondary N) is 1. The Hall–Kier alpha value is -3.52. The molecule has 0 saturated carbocycles. The number of halogens is 2. The number of amides is 3. The van der Waals surface area contributed by atoms with Crippen molar-refractivity contribution in [2.24, 2.45) is 7.05 Å². The first kappa shape index (κ1) is 20.4. The largest absolute Gasteiger partial charge is 0.333 e. The smallest absolute Gasteiger partial charge is 0.255 e. The second-order valence-electron chi connectivity index (χ2n) is 7.99. The van der Waals surface area contributed by atoms with Crippen LogP contribution in [0.1, 0.15) is 28.8 Å². The number of carbonyl (C=O) groups excluding carboxylic acids is 3. The van der Waals surface area contributed by atoms with Crippen LogP contribution in [0.2, 0.25) is 5.02 Å². The molecule has 1 saturated heterocycles. The number of hydrogen-bond donors (Lipinski definition) is 1. The number of imide groups is 1. The number of rotatable bonds is 3. The highest BCUT2D eigenvalue weighted by Gasteiger charge is 2.39. The van der Waals surface area contributed by atoms with E-state index in [0.29, 0.717) is 29.1 Å². The van der Waals surface area contributed by atoms with Crippen molar-refractivity contribution in [1.82, 2.24) is 19.8 Å². The van der Waals surface area contributed by atoms with Crippen molar-refractivity contribution in [2.45, 2.75) is 25.4 Å². The Balaban J connectivity index is 1.45. The molecule has 32 heavy (non-hydrogen) atoms. The summed E-state index contributed by atoms with van der Waals surface area (Å²) in [4.78, 5) is 42.7. The third-order valence-corrected chi connectivity index (χ3v) is 6.03. The van der Waals surface area contributed by atoms with E-state index < -0.39 is 17.8 Å². The maximum atomic E-state index is 13.8. The topological polar surface area (TPSA) is 84.3 Å². The first-order valence-corrected chi connectivity index (χ1v) is 10.5. The van der Waals surface area contributed by atoms with E-state index in [9.17, 15) is 18.8 Å². The van der Waals surface area contributed by atoms with E-state index in [1.54, 1.807) is 22.8 Å². The number of carbonyl (C=O) groups is 3. The number of benzene rings is 2. The quantitative estimate of drug-likeness (QED) is 0.618. The molecule has 3 aromatic rings. The van der Waals surface area contributed by atoms with Gasteiger partial charge in [-0.1, -0.05) is 17.7 Å². The van der Waals surface area contributed by atoms with Gasteiger partial charge in [-0.2, -0.15) is 0 Å². The highest BCUT2D eigenvalue weighted by Crippen LogP contribution is 2.32. The summed E-state index contributed by atoms with van der Waals surface area (Å²) < 4.78 is 15.6. The van der Waals surface area contributed by atoms with Gasteiger partial charge in [0.15, 0.2) is 0 Å². The summed E-state index contributed by atoms with van der Waals surface area (Å²) in [5, 5.41) is 2.59. The Kier molecular flexibility index (Phi) is 4.82. The van der Waals surface area contributed by atoms with Crippen LogP contribution in [0, 0.1) is 5.82 Å². The molecule has 7 nitrogen and oxygen atoms in total. The molecule has 162 valence electrons. The van der Waals surface area contributed by atoms with Gasteiger partial charge < -0.3 is 9.47 Å². The second-order valence-corrected chi connectivity index (χ2v) is 8.43. The van der Waals surface area contributed by atoms with Crippen molar-refractivity contribution >= 4 is 29.3 Å². The zero-order chi connectivity index (χ0) is 22.6. The lowest BCUT2D eigenvalue weighted by Crippen LogP contribution is -2.52. The van der Waals surface area contributed by atoms with Crippen LogP contribution in [0.4, 0.5) is 4.39 Å². The maximum absolute atomic E-state index is 13.8. The lowest BCUT2D eigenvalue weighted by Gasteiger charge is -2.29. The predicted octanol–water partition coefficient (Wildman–Crippen LogP) is 3.31.